The summed E-state index contributed by atoms with van der Waals surface area (Å²) in [7, 11) is 1.94. The lowest BCUT2D eigenvalue weighted by atomic mass is 9.98. The number of hydrogen-bond donors (Lipinski definition) is 1. The zero-order valence-corrected chi connectivity index (χ0v) is 12.2. The van der Waals surface area contributed by atoms with E-state index in [0.717, 1.165) is 41.3 Å². The van der Waals surface area contributed by atoms with Gasteiger partial charge in [-0.05, 0) is 42.7 Å². The van der Waals surface area contributed by atoms with E-state index in [1.54, 1.807) is 0 Å². The minimum atomic E-state index is -0.498. The van der Waals surface area contributed by atoms with Gasteiger partial charge in [-0.1, -0.05) is 6.07 Å². The van der Waals surface area contributed by atoms with Crippen molar-refractivity contribution in [2.75, 3.05) is 6.61 Å². The quantitative estimate of drug-likeness (QED) is 0.932. The van der Waals surface area contributed by atoms with Gasteiger partial charge >= 0.3 is 0 Å². The van der Waals surface area contributed by atoms with Crippen LogP contribution in [-0.4, -0.2) is 21.5 Å². The van der Waals surface area contributed by atoms with Crippen LogP contribution >= 0.6 is 0 Å². The van der Waals surface area contributed by atoms with Gasteiger partial charge in [-0.15, -0.1) is 0 Å². The zero-order chi connectivity index (χ0) is 14.3. The predicted octanol–water partition coefficient (Wildman–Crippen LogP) is 2.25. The maximum Gasteiger partial charge on any atom is 0.122 e. The van der Waals surface area contributed by atoms with Gasteiger partial charge in [-0.2, -0.15) is 5.10 Å². The van der Waals surface area contributed by atoms with Crippen LogP contribution in [0, 0.1) is 13.8 Å². The van der Waals surface area contributed by atoms with E-state index < -0.39 is 6.10 Å². The minimum absolute atomic E-state index is 0.498. The number of aryl methyl sites for hydroxylation is 2. The number of benzene rings is 1. The molecular formula is C16H20N2O2. The van der Waals surface area contributed by atoms with Gasteiger partial charge in [-0.3, -0.25) is 4.68 Å². The Hall–Kier alpha value is -1.81. The Morgan fingerprint density at radius 3 is 2.90 bits per heavy atom. The molecule has 0 amide bonds. The zero-order valence-electron chi connectivity index (χ0n) is 12.2. The van der Waals surface area contributed by atoms with E-state index in [1.165, 1.54) is 5.56 Å². The number of fused-ring (bicyclic) bond motifs is 1. The van der Waals surface area contributed by atoms with Crippen molar-refractivity contribution in [3.05, 3.63) is 46.3 Å². The molecule has 2 aromatic rings. The first kappa shape index (κ1) is 13.2. The summed E-state index contributed by atoms with van der Waals surface area (Å²) in [4.78, 5) is 0. The molecule has 3 rings (SSSR count). The molecule has 20 heavy (non-hydrogen) atoms. The van der Waals surface area contributed by atoms with Gasteiger partial charge in [0.05, 0.1) is 18.4 Å². The number of rotatable bonds is 3. The molecule has 0 aliphatic carbocycles. The molecule has 0 radical (unpaired) electrons. The SMILES string of the molecule is Cc1nn(C)c(C)c1CC(O)c1ccc2c(c1)CCO2. The molecule has 1 aromatic carbocycles. The number of nitrogens with zero attached hydrogens (tertiary/aromatic N) is 2. The molecule has 0 fully saturated rings. The highest BCUT2D eigenvalue weighted by atomic mass is 16.5. The summed E-state index contributed by atoms with van der Waals surface area (Å²) in [6.45, 7) is 4.78. The van der Waals surface area contributed by atoms with Gasteiger partial charge in [0.25, 0.3) is 0 Å². The second-order valence-electron chi connectivity index (χ2n) is 5.46. The largest absolute Gasteiger partial charge is 0.493 e. The first-order valence-electron chi connectivity index (χ1n) is 6.99. The van der Waals surface area contributed by atoms with Gasteiger partial charge in [0.1, 0.15) is 5.75 Å². The third-order valence-corrected chi connectivity index (χ3v) is 4.15. The molecule has 2 heterocycles. The molecule has 1 aromatic heterocycles. The molecule has 0 saturated heterocycles. The average molecular weight is 272 g/mol. The first-order valence-corrected chi connectivity index (χ1v) is 6.99. The Morgan fingerprint density at radius 2 is 2.20 bits per heavy atom. The molecule has 1 aliphatic heterocycles. The molecule has 1 N–H and O–H groups in total. The summed E-state index contributed by atoms with van der Waals surface area (Å²) in [6, 6.07) is 5.98. The number of ether oxygens (including phenoxy) is 1. The maximum absolute atomic E-state index is 10.5. The van der Waals surface area contributed by atoms with Crippen molar-refractivity contribution >= 4 is 0 Å². The van der Waals surface area contributed by atoms with E-state index in [0.29, 0.717) is 6.42 Å². The van der Waals surface area contributed by atoms with E-state index in [-0.39, 0.29) is 0 Å². The smallest absolute Gasteiger partial charge is 0.122 e. The number of aliphatic hydroxyl groups excluding tert-OH is 1. The Bertz CT molecular complexity index is 646. The molecule has 0 spiro atoms. The van der Waals surface area contributed by atoms with Crippen molar-refractivity contribution in [2.45, 2.75) is 32.8 Å². The van der Waals surface area contributed by atoms with Gasteiger partial charge in [0.15, 0.2) is 0 Å². The van der Waals surface area contributed by atoms with Crippen molar-refractivity contribution in [2.24, 2.45) is 7.05 Å². The van der Waals surface area contributed by atoms with Crippen LogP contribution in [0.15, 0.2) is 18.2 Å². The Kier molecular flexibility index (Phi) is 3.26. The standard InChI is InChI=1S/C16H20N2O2/c1-10-14(11(2)18(3)17-10)9-15(19)12-4-5-16-13(8-12)6-7-20-16/h4-5,8,15,19H,6-7,9H2,1-3H3. The lowest BCUT2D eigenvalue weighted by Crippen LogP contribution is -2.04. The fraction of sp³-hybridized carbons (Fsp3) is 0.438. The van der Waals surface area contributed by atoms with Crippen LogP contribution in [0.4, 0.5) is 0 Å². The number of hydrogen-bond acceptors (Lipinski definition) is 3. The van der Waals surface area contributed by atoms with E-state index in [2.05, 4.69) is 11.2 Å². The maximum atomic E-state index is 10.5. The van der Waals surface area contributed by atoms with Gasteiger partial charge in [-0.25, -0.2) is 0 Å². The van der Waals surface area contributed by atoms with Crippen LogP contribution in [0.3, 0.4) is 0 Å². The van der Waals surface area contributed by atoms with Gasteiger partial charge < -0.3 is 9.84 Å². The van der Waals surface area contributed by atoms with E-state index in [9.17, 15) is 5.11 Å². The molecule has 0 saturated carbocycles. The molecule has 4 heteroatoms. The van der Waals surface area contributed by atoms with Crippen LogP contribution in [0.1, 0.15) is 34.2 Å². The summed E-state index contributed by atoms with van der Waals surface area (Å²) in [5, 5.41) is 14.9. The molecule has 1 aliphatic rings. The highest BCUT2D eigenvalue weighted by Crippen LogP contribution is 2.30. The molecule has 1 unspecified atom stereocenters. The monoisotopic (exact) mass is 272 g/mol. The van der Waals surface area contributed by atoms with Crippen molar-refractivity contribution in [1.82, 2.24) is 9.78 Å². The summed E-state index contributed by atoms with van der Waals surface area (Å²) >= 11 is 0. The molecule has 4 nitrogen and oxygen atoms in total. The van der Waals surface area contributed by atoms with Crippen molar-refractivity contribution in [3.63, 3.8) is 0 Å². The Morgan fingerprint density at radius 1 is 1.40 bits per heavy atom. The Balaban J connectivity index is 1.84. The van der Waals surface area contributed by atoms with E-state index >= 15 is 0 Å². The van der Waals surface area contributed by atoms with Crippen LogP contribution in [0.5, 0.6) is 5.75 Å². The predicted molar refractivity (Wildman–Crippen MR) is 77.0 cm³/mol. The van der Waals surface area contributed by atoms with Gasteiger partial charge in [0.2, 0.25) is 0 Å². The fourth-order valence-corrected chi connectivity index (χ4v) is 2.84. The van der Waals surface area contributed by atoms with E-state index in [4.69, 9.17) is 4.74 Å². The third-order valence-electron chi connectivity index (χ3n) is 4.15. The highest BCUT2D eigenvalue weighted by Gasteiger charge is 2.18. The van der Waals surface area contributed by atoms with Crippen molar-refractivity contribution < 1.29 is 9.84 Å². The summed E-state index contributed by atoms with van der Waals surface area (Å²) in [5.74, 6) is 0.953. The van der Waals surface area contributed by atoms with Crippen molar-refractivity contribution in [3.8, 4) is 5.75 Å². The highest BCUT2D eigenvalue weighted by molar-refractivity contribution is 5.41. The Labute approximate surface area is 119 Å². The first-order chi connectivity index (χ1) is 9.56. The summed E-state index contributed by atoms with van der Waals surface area (Å²) in [5.41, 5.74) is 5.40. The minimum Gasteiger partial charge on any atom is -0.493 e. The normalized spacial score (nSPS) is 15.0. The summed E-state index contributed by atoms with van der Waals surface area (Å²) in [6.07, 6.45) is 1.04. The lowest BCUT2D eigenvalue weighted by molar-refractivity contribution is 0.178. The molecule has 106 valence electrons. The number of aromatic nitrogens is 2. The average Bonchev–Trinajstić information content (AvgIpc) is 2.98. The fourth-order valence-electron chi connectivity index (χ4n) is 2.84. The summed E-state index contributed by atoms with van der Waals surface area (Å²) < 4.78 is 7.37. The lowest BCUT2D eigenvalue weighted by Gasteiger charge is -2.12. The molecule has 0 bridgehead atoms. The van der Waals surface area contributed by atoms with E-state index in [1.807, 2.05) is 37.7 Å². The topological polar surface area (TPSA) is 47.3 Å². The third kappa shape index (κ3) is 2.20. The van der Waals surface area contributed by atoms with Crippen LogP contribution in [-0.2, 0) is 19.9 Å². The van der Waals surface area contributed by atoms with Gasteiger partial charge in [0, 0.05) is 25.6 Å². The van der Waals surface area contributed by atoms with Crippen LogP contribution in [0.25, 0.3) is 0 Å². The van der Waals surface area contributed by atoms with Crippen LogP contribution in [0.2, 0.25) is 0 Å². The van der Waals surface area contributed by atoms with Crippen LogP contribution < -0.4 is 4.74 Å². The second-order valence-corrected chi connectivity index (χ2v) is 5.46. The number of aliphatic hydroxyl groups is 1. The van der Waals surface area contributed by atoms with Crippen molar-refractivity contribution in [1.29, 1.82) is 0 Å². The second kappa shape index (κ2) is 4.94. The molecular weight excluding hydrogens is 252 g/mol. The molecule has 1 atom stereocenters.